The fourth-order valence-corrected chi connectivity index (χ4v) is 12.4. The average molecular weight is 1410 g/mol. The van der Waals surface area contributed by atoms with Gasteiger partial charge in [0.2, 0.25) is 36.2 Å². The third-order valence-electron chi connectivity index (χ3n) is 18.3. The molecule has 5 heterocycles. The van der Waals surface area contributed by atoms with Gasteiger partial charge in [-0.25, -0.2) is 0 Å². The first-order chi connectivity index (χ1) is 47.8. The zero-order valence-corrected chi connectivity index (χ0v) is 54.0. The van der Waals surface area contributed by atoms with Gasteiger partial charge in [-0.3, -0.25) is 34.8 Å². The zero-order chi connectivity index (χ0) is 72.4. The molecule has 36 heteroatoms. The Morgan fingerprint density at radius 3 is 1.90 bits per heavy atom. The minimum Gasteiger partial charge on any atom is -0.497 e. The lowest BCUT2D eigenvalue weighted by atomic mass is 9.93. The highest BCUT2D eigenvalue weighted by Crippen LogP contribution is 2.34. The molecule has 4 amide bonds. The molecule has 9 rings (SSSR count). The maximum Gasteiger partial charge on any atom is 0.246 e. The van der Waals surface area contributed by atoms with Crippen molar-refractivity contribution in [2.75, 3.05) is 46.6 Å². The van der Waals surface area contributed by atoms with E-state index in [1.165, 1.54) is 30.6 Å². The molecule has 100 heavy (non-hydrogen) atoms. The van der Waals surface area contributed by atoms with E-state index in [4.69, 9.17) is 49.7 Å². The van der Waals surface area contributed by atoms with Gasteiger partial charge < -0.3 is 147 Å². The highest BCUT2D eigenvalue weighted by Gasteiger charge is 2.55. The Bertz CT molecular complexity index is 3440. The number of carbonyl (C=O) groups excluding carboxylic acids is 5. The summed E-state index contributed by atoms with van der Waals surface area (Å²) < 4.78 is 40.9. The van der Waals surface area contributed by atoms with Gasteiger partial charge in [0.05, 0.1) is 58.3 Å². The zero-order valence-electron chi connectivity index (χ0n) is 54.0. The van der Waals surface area contributed by atoms with Gasteiger partial charge in [-0.2, -0.15) is 0 Å². The van der Waals surface area contributed by atoms with Crippen LogP contribution in [-0.2, 0) is 60.7 Å². The van der Waals surface area contributed by atoms with Crippen molar-refractivity contribution in [2.45, 2.75) is 172 Å². The Labute approximate surface area is 571 Å². The fraction of sp³-hybridized carbons (Fsp3) is 0.547. The summed E-state index contributed by atoms with van der Waals surface area (Å²) in [6.45, 7) is -2.78. The van der Waals surface area contributed by atoms with Crippen molar-refractivity contribution in [1.82, 2.24) is 42.1 Å². The molecule has 25 atom stereocenters. The smallest absolute Gasteiger partial charge is 0.246 e. The van der Waals surface area contributed by atoms with Gasteiger partial charge in [0, 0.05) is 25.4 Å². The highest BCUT2D eigenvalue weighted by molar-refractivity contribution is 5.96. The molecule has 36 nitrogen and oxygen atoms in total. The number of guanidine groups is 2. The van der Waals surface area contributed by atoms with E-state index in [2.05, 4.69) is 37.2 Å². The summed E-state index contributed by atoms with van der Waals surface area (Å²) in [5.41, 5.74) is 8.07. The number of benzene rings is 4. The lowest BCUT2D eigenvalue weighted by Crippen LogP contribution is -2.69. The molecule has 4 aromatic carbocycles. The maximum atomic E-state index is 15.0. The molecular weight excluding hydrogens is 1320 g/mol. The van der Waals surface area contributed by atoms with Crippen LogP contribution in [0.5, 0.6) is 11.5 Å². The first kappa shape index (κ1) is 76.3. The largest absolute Gasteiger partial charge is 0.497 e. The van der Waals surface area contributed by atoms with Crippen molar-refractivity contribution in [3.63, 3.8) is 0 Å². The molecule has 1 radical (unpaired) electrons. The molecule has 0 aliphatic carbocycles. The van der Waals surface area contributed by atoms with Crippen LogP contribution in [0.4, 0.5) is 0 Å². The SMILES string of the molecule is COc1ccc2cc(COC3C(OC4C(CO)OC(Oc5ccc(CC(NC(=O)C(N)C(C)c6ccccc6)C(=O)NC(C(=O)NC(C(=O)NC([C]=O)CO)C(O)C6CNC(=N)N6C6OC(CO)C(O)C(O)C6O)C(O)C6CNC(=N)N6)cc5)C(O)C4O)OC(CO)C(O)C3O)ccc2c1. The van der Waals surface area contributed by atoms with Crippen molar-refractivity contribution >= 4 is 52.6 Å². The summed E-state index contributed by atoms with van der Waals surface area (Å²) >= 11 is 0. The number of aliphatic hydroxyl groups excluding tert-OH is 13. The molecule has 25 unspecified atom stereocenters. The van der Waals surface area contributed by atoms with Gasteiger partial charge >= 0.3 is 0 Å². The second kappa shape index (κ2) is 34.2. The third-order valence-corrected chi connectivity index (χ3v) is 18.3. The van der Waals surface area contributed by atoms with Crippen molar-refractivity contribution in [2.24, 2.45) is 5.73 Å². The summed E-state index contributed by atoms with van der Waals surface area (Å²) in [7, 11) is 1.54. The quantitative estimate of drug-likeness (QED) is 0.0230. The fourth-order valence-electron chi connectivity index (χ4n) is 12.4. The van der Waals surface area contributed by atoms with Crippen LogP contribution in [0.1, 0.15) is 29.5 Å². The van der Waals surface area contributed by atoms with Gasteiger partial charge in [0.25, 0.3) is 0 Å². The van der Waals surface area contributed by atoms with Crippen LogP contribution in [0.25, 0.3) is 10.8 Å². The molecule has 0 bridgehead atoms. The van der Waals surface area contributed by atoms with Crippen LogP contribution >= 0.6 is 0 Å². The van der Waals surface area contributed by atoms with Gasteiger partial charge in [-0.1, -0.05) is 67.6 Å². The van der Waals surface area contributed by atoms with Crippen molar-refractivity contribution < 1.29 is 124 Å². The number of amides is 4. The van der Waals surface area contributed by atoms with Gasteiger partial charge in [0.15, 0.2) is 24.4 Å². The number of fused-ring (bicyclic) bond motifs is 1. The number of hydrogen-bond acceptors (Lipinski definition) is 28. The second-order valence-corrected chi connectivity index (χ2v) is 24.8. The molecule has 5 saturated heterocycles. The summed E-state index contributed by atoms with van der Waals surface area (Å²) in [6, 6.07) is 12.8. The Morgan fingerprint density at radius 1 is 0.650 bits per heavy atom. The molecule has 24 N–H and O–H groups in total. The van der Waals surface area contributed by atoms with Crippen LogP contribution in [0.15, 0.2) is 91.0 Å². The van der Waals surface area contributed by atoms with E-state index in [-0.39, 0.29) is 30.4 Å². The summed E-state index contributed by atoms with van der Waals surface area (Å²) in [5.74, 6) is -5.89. The third kappa shape index (κ3) is 17.3. The Kier molecular flexibility index (Phi) is 26.0. The Morgan fingerprint density at radius 2 is 1.25 bits per heavy atom. The van der Waals surface area contributed by atoms with Crippen LogP contribution < -0.4 is 52.4 Å². The van der Waals surface area contributed by atoms with Crippen molar-refractivity contribution in [3.8, 4) is 11.5 Å². The Hall–Kier alpha value is -7.93. The lowest BCUT2D eigenvalue weighted by Gasteiger charge is -2.46. The van der Waals surface area contributed by atoms with Crippen LogP contribution in [0, 0.1) is 10.8 Å². The summed E-state index contributed by atoms with van der Waals surface area (Å²) in [4.78, 5) is 71.1. The number of rotatable bonds is 30. The first-order valence-electron chi connectivity index (χ1n) is 32.0. The summed E-state index contributed by atoms with van der Waals surface area (Å²) in [5, 5.41) is 178. The van der Waals surface area contributed by atoms with E-state index in [0.29, 0.717) is 16.9 Å². The van der Waals surface area contributed by atoms with Gasteiger partial charge in [0.1, 0.15) is 121 Å². The van der Waals surface area contributed by atoms with E-state index < -0.39 is 221 Å². The standard InChI is InChI=1S/C64H86N11O25/c1-27(30-6-4-3-5-7-30)42(65)57(91)71-36(56(90)73-43(45(81)37-19-68-63(66)72-37)59(93)74-44(58(92)70-33(21-76)22-77)46(82)38-20-69-64(67)75(38)60-52(88)49(85)47(83)39(23-78)97-60)17-28-9-13-34(14-10-28)96-61-53(89)51(87)54(41(25-80)99-61)100-62-55(50(86)48(84)40(24-79)98-62)95-26-29-8-11-32-18-35(94-2)15-12-31(32)16-29/h3-16,18,27,33,36-55,60-62,76,78-89H,17,19-21,23-26,65H2,1-2H3,(H2,67,69)(H,70,92)(H,71,91)(H,73,90)(H,74,93)(H3,66,68,72). The topological polar surface area (TPSA) is 574 Å². The molecule has 547 valence electrons. The average Bonchev–Trinajstić information content (AvgIpc) is 1.35. The number of nitrogens with two attached hydrogens (primary N) is 1. The number of hydrogen-bond donors (Lipinski definition) is 23. The molecule has 0 aromatic heterocycles. The molecular formula is C64H86N11O25. The molecule has 5 fully saturated rings. The van der Waals surface area contributed by atoms with Crippen LogP contribution in [0.3, 0.4) is 0 Å². The molecule has 0 spiro atoms. The minimum atomic E-state index is -2.30. The number of methoxy groups -OCH3 is 1. The van der Waals surface area contributed by atoms with Crippen LogP contribution in [-0.4, -0.2) is 306 Å². The normalized spacial score (nSPS) is 30.8. The predicted molar refractivity (Wildman–Crippen MR) is 343 cm³/mol. The number of nitrogens with zero attached hydrogens (tertiary/aromatic N) is 1. The van der Waals surface area contributed by atoms with E-state index in [1.54, 1.807) is 56.5 Å². The van der Waals surface area contributed by atoms with E-state index in [9.17, 15) is 85.6 Å². The Balaban J connectivity index is 0.940. The monoisotopic (exact) mass is 1410 g/mol. The van der Waals surface area contributed by atoms with Crippen molar-refractivity contribution in [3.05, 3.63) is 108 Å². The number of carbonyl (C=O) groups is 4. The highest BCUT2D eigenvalue weighted by atomic mass is 16.7. The van der Waals surface area contributed by atoms with E-state index >= 15 is 4.79 Å². The molecule has 4 aromatic rings. The predicted octanol–water partition coefficient (Wildman–Crippen LogP) is -8.98. The second-order valence-electron chi connectivity index (χ2n) is 24.8. The maximum absolute atomic E-state index is 15.0. The molecule has 0 saturated carbocycles. The number of nitrogens with one attached hydrogen (secondary N) is 9. The van der Waals surface area contributed by atoms with Crippen LogP contribution in [0.2, 0.25) is 0 Å². The molecule has 5 aliphatic heterocycles. The first-order valence-corrected chi connectivity index (χ1v) is 32.0. The van der Waals surface area contributed by atoms with E-state index in [1.807, 2.05) is 24.3 Å². The molecule has 5 aliphatic rings. The van der Waals surface area contributed by atoms with Gasteiger partial charge in [-0.15, -0.1) is 0 Å². The lowest BCUT2D eigenvalue weighted by molar-refractivity contribution is -0.357. The number of aliphatic hydroxyl groups is 13. The van der Waals surface area contributed by atoms with E-state index in [0.717, 1.165) is 15.7 Å². The number of ether oxygens (including phenoxy) is 7. The van der Waals surface area contributed by atoms with Gasteiger partial charge in [-0.05, 0) is 57.8 Å². The summed E-state index contributed by atoms with van der Waals surface area (Å²) in [6.07, 6.45) is -29.3. The van der Waals surface area contributed by atoms with Crippen molar-refractivity contribution in [1.29, 1.82) is 10.8 Å². The minimum absolute atomic E-state index is 0.0404.